The number of hydrogen-bond acceptors (Lipinski definition) is 3. The number of aryl methyl sites for hydroxylation is 1. The van der Waals surface area contributed by atoms with E-state index < -0.39 is 0 Å². The minimum atomic E-state index is -0.256. The van der Waals surface area contributed by atoms with Gasteiger partial charge in [-0.2, -0.15) is 0 Å². The molecule has 0 aliphatic heterocycles. The molecule has 0 radical (unpaired) electrons. The van der Waals surface area contributed by atoms with Gasteiger partial charge in [-0.1, -0.05) is 25.1 Å². The van der Waals surface area contributed by atoms with Gasteiger partial charge in [-0.25, -0.2) is 4.39 Å². The third-order valence-corrected chi connectivity index (χ3v) is 3.01. The molecule has 100 valence electrons. The molecule has 4 heteroatoms. The maximum absolute atomic E-state index is 14.3. The van der Waals surface area contributed by atoms with E-state index in [4.69, 9.17) is 0 Å². The van der Waals surface area contributed by atoms with Gasteiger partial charge in [-0.05, 0) is 25.5 Å². The molecule has 1 aromatic heterocycles. The molecule has 1 atom stereocenters. The number of rotatable bonds is 5. The molecule has 0 saturated heterocycles. The van der Waals surface area contributed by atoms with Gasteiger partial charge in [-0.15, -0.1) is 0 Å². The number of aromatic nitrogens is 2. The standard InChI is InChI=1S/C15H18FN3/c1-3-7-19-15(13-10-17-8-9-18-13)12-6-4-5-11(2)14(12)16/h4-6,8-10,15,19H,3,7H2,1-2H3. The first-order valence-electron chi connectivity index (χ1n) is 6.48. The molecular weight excluding hydrogens is 241 g/mol. The third kappa shape index (κ3) is 3.15. The summed E-state index contributed by atoms with van der Waals surface area (Å²) in [6.45, 7) is 4.65. The molecule has 3 nitrogen and oxygen atoms in total. The molecule has 2 aromatic rings. The number of benzene rings is 1. The molecule has 0 amide bonds. The van der Waals surface area contributed by atoms with E-state index in [0.29, 0.717) is 11.1 Å². The first kappa shape index (κ1) is 13.6. The average molecular weight is 259 g/mol. The third-order valence-electron chi connectivity index (χ3n) is 3.01. The second-order valence-corrected chi connectivity index (χ2v) is 4.50. The van der Waals surface area contributed by atoms with Gasteiger partial charge in [0.05, 0.1) is 17.9 Å². The number of nitrogens with one attached hydrogen (secondary N) is 1. The monoisotopic (exact) mass is 259 g/mol. The molecule has 19 heavy (non-hydrogen) atoms. The fourth-order valence-corrected chi connectivity index (χ4v) is 2.02. The van der Waals surface area contributed by atoms with Crippen LogP contribution in [0.25, 0.3) is 0 Å². The van der Waals surface area contributed by atoms with Gasteiger partial charge in [-0.3, -0.25) is 9.97 Å². The Morgan fingerprint density at radius 3 is 2.84 bits per heavy atom. The van der Waals surface area contributed by atoms with Crippen LogP contribution in [0.2, 0.25) is 0 Å². The fraction of sp³-hybridized carbons (Fsp3) is 0.333. The summed E-state index contributed by atoms with van der Waals surface area (Å²) in [5.74, 6) is -0.179. The summed E-state index contributed by atoms with van der Waals surface area (Å²) in [7, 11) is 0. The lowest BCUT2D eigenvalue weighted by Crippen LogP contribution is -2.25. The van der Waals surface area contributed by atoms with Crippen molar-refractivity contribution in [2.45, 2.75) is 26.3 Å². The van der Waals surface area contributed by atoms with Crippen molar-refractivity contribution in [3.8, 4) is 0 Å². The predicted octanol–water partition coefficient (Wildman–Crippen LogP) is 3.01. The van der Waals surface area contributed by atoms with Crippen LogP contribution < -0.4 is 5.32 Å². The molecule has 1 unspecified atom stereocenters. The summed E-state index contributed by atoms with van der Waals surface area (Å²) in [5, 5.41) is 3.33. The van der Waals surface area contributed by atoms with Crippen molar-refractivity contribution in [2.75, 3.05) is 6.54 Å². The normalized spacial score (nSPS) is 12.4. The highest BCUT2D eigenvalue weighted by Gasteiger charge is 2.19. The average Bonchev–Trinajstić information content (AvgIpc) is 2.45. The van der Waals surface area contributed by atoms with E-state index in [1.165, 1.54) is 0 Å². The van der Waals surface area contributed by atoms with Crippen molar-refractivity contribution >= 4 is 0 Å². The van der Waals surface area contributed by atoms with E-state index in [-0.39, 0.29) is 11.9 Å². The minimum Gasteiger partial charge on any atom is -0.305 e. The van der Waals surface area contributed by atoms with Gasteiger partial charge < -0.3 is 5.32 Å². The van der Waals surface area contributed by atoms with Crippen molar-refractivity contribution in [1.29, 1.82) is 0 Å². The molecule has 0 aliphatic rings. The quantitative estimate of drug-likeness (QED) is 0.897. The van der Waals surface area contributed by atoms with Gasteiger partial charge in [0.15, 0.2) is 0 Å². The van der Waals surface area contributed by atoms with Crippen LogP contribution in [0.3, 0.4) is 0 Å². The highest BCUT2D eigenvalue weighted by Crippen LogP contribution is 2.24. The minimum absolute atomic E-state index is 0.179. The summed E-state index contributed by atoms with van der Waals surface area (Å²) in [6, 6.07) is 5.18. The lowest BCUT2D eigenvalue weighted by Gasteiger charge is -2.19. The molecule has 0 fully saturated rings. The molecule has 0 spiro atoms. The molecule has 2 rings (SSSR count). The van der Waals surface area contributed by atoms with E-state index >= 15 is 0 Å². The molecule has 0 bridgehead atoms. The topological polar surface area (TPSA) is 37.8 Å². The largest absolute Gasteiger partial charge is 0.305 e. The second-order valence-electron chi connectivity index (χ2n) is 4.50. The lowest BCUT2D eigenvalue weighted by molar-refractivity contribution is 0.534. The first-order chi connectivity index (χ1) is 9.24. The van der Waals surface area contributed by atoms with Crippen LogP contribution in [0, 0.1) is 12.7 Å². The fourth-order valence-electron chi connectivity index (χ4n) is 2.02. The lowest BCUT2D eigenvalue weighted by atomic mass is 10.0. The zero-order chi connectivity index (χ0) is 13.7. The molecule has 0 saturated carbocycles. The van der Waals surface area contributed by atoms with Crippen LogP contribution in [0.1, 0.15) is 36.2 Å². The number of hydrogen-bond donors (Lipinski definition) is 1. The summed E-state index contributed by atoms with van der Waals surface area (Å²) in [4.78, 5) is 8.35. The molecule has 1 heterocycles. The van der Waals surface area contributed by atoms with Crippen molar-refractivity contribution in [1.82, 2.24) is 15.3 Å². The van der Waals surface area contributed by atoms with E-state index in [1.807, 2.05) is 6.07 Å². The Kier molecular flexibility index (Phi) is 4.58. The SMILES string of the molecule is CCCNC(c1cnccn1)c1cccc(C)c1F. The van der Waals surface area contributed by atoms with Crippen LogP contribution in [-0.2, 0) is 0 Å². The Bertz CT molecular complexity index is 528. The van der Waals surface area contributed by atoms with Crippen molar-refractivity contribution in [2.24, 2.45) is 0 Å². The van der Waals surface area contributed by atoms with Crippen molar-refractivity contribution < 1.29 is 4.39 Å². The molecular formula is C15H18FN3. The highest BCUT2D eigenvalue weighted by molar-refractivity contribution is 5.32. The maximum atomic E-state index is 14.3. The van der Waals surface area contributed by atoms with E-state index in [1.54, 1.807) is 37.6 Å². The molecule has 1 N–H and O–H groups in total. The first-order valence-corrected chi connectivity index (χ1v) is 6.48. The Hall–Kier alpha value is -1.81. The summed E-state index contributed by atoms with van der Waals surface area (Å²) in [6.07, 6.45) is 5.90. The maximum Gasteiger partial charge on any atom is 0.131 e. The predicted molar refractivity (Wildman–Crippen MR) is 73.3 cm³/mol. The van der Waals surface area contributed by atoms with E-state index in [0.717, 1.165) is 18.7 Å². The van der Waals surface area contributed by atoms with E-state index in [2.05, 4.69) is 22.2 Å². The Balaban J connectivity index is 2.40. The van der Waals surface area contributed by atoms with Crippen molar-refractivity contribution in [3.05, 3.63) is 59.4 Å². The van der Waals surface area contributed by atoms with E-state index in [9.17, 15) is 4.39 Å². The molecule has 1 aromatic carbocycles. The van der Waals surface area contributed by atoms with Gasteiger partial charge in [0.25, 0.3) is 0 Å². The van der Waals surface area contributed by atoms with Crippen LogP contribution in [0.15, 0.2) is 36.8 Å². The summed E-state index contributed by atoms with van der Waals surface area (Å²) in [5.41, 5.74) is 2.00. The number of nitrogens with zero attached hydrogens (tertiary/aromatic N) is 2. The van der Waals surface area contributed by atoms with Crippen molar-refractivity contribution in [3.63, 3.8) is 0 Å². The van der Waals surface area contributed by atoms with Crippen LogP contribution in [-0.4, -0.2) is 16.5 Å². The smallest absolute Gasteiger partial charge is 0.131 e. The van der Waals surface area contributed by atoms with Gasteiger partial charge in [0.1, 0.15) is 5.82 Å². The zero-order valence-electron chi connectivity index (χ0n) is 11.2. The van der Waals surface area contributed by atoms with Crippen LogP contribution in [0.5, 0.6) is 0 Å². The summed E-state index contributed by atoms with van der Waals surface area (Å²) < 4.78 is 14.3. The Morgan fingerprint density at radius 1 is 1.32 bits per heavy atom. The van der Waals surface area contributed by atoms with Gasteiger partial charge >= 0.3 is 0 Å². The summed E-state index contributed by atoms with van der Waals surface area (Å²) >= 11 is 0. The zero-order valence-corrected chi connectivity index (χ0v) is 11.2. The van der Waals surface area contributed by atoms with Gasteiger partial charge in [0, 0.05) is 18.0 Å². The molecule has 0 aliphatic carbocycles. The number of halogens is 1. The van der Waals surface area contributed by atoms with Crippen LogP contribution >= 0.6 is 0 Å². The van der Waals surface area contributed by atoms with Gasteiger partial charge in [0.2, 0.25) is 0 Å². The van der Waals surface area contributed by atoms with Crippen LogP contribution in [0.4, 0.5) is 4.39 Å². The Morgan fingerprint density at radius 2 is 2.16 bits per heavy atom. The Labute approximate surface area is 112 Å². The highest BCUT2D eigenvalue weighted by atomic mass is 19.1. The second kappa shape index (κ2) is 6.38.